The van der Waals surface area contributed by atoms with Gasteiger partial charge >= 0.3 is 0 Å². The molecule has 1 heterocycles. The molecule has 0 spiro atoms. The Morgan fingerprint density at radius 3 is 2.72 bits per heavy atom. The average molecular weight is 248 g/mol. The van der Waals surface area contributed by atoms with Crippen molar-refractivity contribution in [3.8, 4) is 0 Å². The van der Waals surface area contributed by atoms with E-state index in [4.69, 9.17) is 10.5 Å². The lowest BCUT2D eigenvalue weighted by atomic mass is 10.0. The van der Waals surface area contributed by atoms with Crippen molar-refractivity contribution in [3.05, 3.63) is 35.9 Å². The fourth-order valence-electron chi connectivity index (χ4n) is 2.68. The Bertz CT molecular complexity index is 353. The molecule has 1 fully saturated rings. The molecule has 1 saturated heterocycles. The predicted octanol–water partition coefficient (Wildman–Crippen LogP) is 2.19. The molecule has 18 heavy (non-hydrogen) atoms. The number of nitrogens with zero attached hydrogens (tertiary/aromatic N) is 1. The first kappa shape index (κ1) is 13.5. The highest BCUT2D eigenvalue weighted by molar-refractivity contribution is 5.19. The Labute approximate surface area is 110 Å². The van der Waals surface area contributed by atoms with Crippen molar-refractivity contribution in [2.75, 3.05) is 19.7 Å². The van der Waals surface area contributed by atoms with E-state index in [1.807, 2.05) is 6.92 Å². The van der Waals surface area contributed by atoms with Crippen LogP contribution in [0.15, 0.2) is 30.3 Å². The van der Waals surface area contributed by atoms with Gasteiger partial charge in [0, 0.05) is 25.2 Å². The monoisotopic (exact) mass is 248 g/mol. The van der Waals surface area contributed by atoms with Gasteiger partial charge in [-0.05, 0) is 18.9 Å². The van der Waals surface area contributed by atoms with Crippen molar-refractivity contribution in [2.24, 2.45) is 5.73 Å². The molecule has 3 atom stereocenters. The Hall–Kier alpha value is -0.900. The van der Waals surface area contributed by atoms with Crippen LogP contribution in [0, 0.1) is 0 Å². The Morgan fingerprint density at radius 1 is 1.39 bits per heavy atom. The summed E-state index contributed by atoms with van der Waals surface area (Å²) < 4.78 is 5.73. The zero-order valence-corrected chi connectivity index (χ0v) is 11.4. The Balaban J connectivity index is 2.08. The minimum atomic E-state index is 0.0982. The second kappa shape index (κ2) is 6.32. The molecule has 0 aliphatic carbocycles. The van der Waals surface area contributed by atoms with Crippen molar-refractivity contribution in [1.29, 1.82) is 0 Å². The number of morpholine rings is 1. The predicted molar refractivity (Wildman–Crippen MR) is 74.4 cm³/mol. The maximum Gasteiger partial charge on any atom is 0.0850 e. The topological polar surface area (TPSA) is 38.5 Å². The summed E-state index contributed by atoms with van der Waals surface area (Å²) in [5.74, 6) is 0. The molecule has 0 bridgehead atoms. The highest BCUT2D eigenvalue weighted by atomic mass is 16.5. The van der Waals surface area contributed by atoms with Gasteiger partial charge in [-0.25, -0.2) is 0 Å². The standard InChI is InChI=1S/C15H24N2O/c1-3-14(13-7-5-4-6-8-13)17-9-10-18-15(11-17)12(2)16/h4-8,12,14-15H,3,9-11,16H2,1-2H3. The van der Waals surface area contributed by atoms with Gasteiger partial charge in [0.2, 0.25) is 0 Å². The molecule has 2 rings (SSSR count). The average Bonchev–Trinajstić information content (AvgIpc) is 2.41. The minimum Gasteiger partial charge on any atom is -0.374 e. The van der Waals surface area contributed by atoms with Crippen LogP contribution in [-0.2, 0) is 4.74 Å². The van der Waals surface area contributed by atoms with E-state index in [9.17, 15) is 0 Å². The lowest BCUT2D eigenvalue weighted by molar-refractivity contribution is -0.0526. The zero-order chi connectivity index (χ0) is 13.0. The molecule has 2 N–H and O–H groups in total. The van der Waals surface area contributed by atoms with E-state index in [2.05, 4.69) is 42.2 Å². The molecule has 1 aromatic rings. The maximum atomic E-state index is 5.96. The van der Waals surface area contributed by atoms with Gasteiger partial charge in [-0.3, -0.25) is 4.90 Å². The van der Waals surface area contributed by atoms with Crippen LogP contribution in [0.3, 0.4) is 0 Å². The first-order valence-corrected chi connectivity index (χ1v) is 6.88. The summed E-state index contributed by atoms with van der Waals surface area (Å²) in [4.78, 5) is 2.51. The molecule has 1 aromatic carbocycles. The van der Waals surface area contributed by atoms with Gasteiger partial charge in [0.05, 0.1) is 12.7 Å². The number of ether oxygens (including phenoxy) is 1. The SMILES string of the molecule is CCC(c1ccccc1)N1CCOC(C(C)N)C1. The fourth-order valence-corrected chi connectivity index (χ4v) is 2.68. The summed E-state index contributed by atoms with van der Waals surface area (Å²) in [6, 6.07) is 11.3. The van der Waals surface area contributed by atoms with Crippen LogP contribution in [-0.4, -0.2) is 36.7 Å². The summed E-state index contributed by atoms with van der Waals surface area (Å²) in [5, 5.41) is 0. The summed E-state index contributed by atoms with van der Waals surface area (Å²) in [5.41, 5.74) is 7.35. The van der Waals surface area contributed by atoms with Crippen LogP contribution in [0.1, 0.15) is 31.9 Å². The molecule has 0 amide bonds. The van der Waals surface area contributed by atoms with Crippen LogP contribution in [0.25, 0.3) is 0 Å². The van der Waals surface area contributed by atoms with Crippen LogP contribution < -0.4 is 5.73 Å². The maximum absolute atomic E-state index is 5.96. The quantitative estimate of drug-likeness (QED) is 0.887. The van der Waals surface area contributed by atoms with E-state index in [0.29, 0.717) is 6.04 Å². The number of rotatable bonds is 4. The van der Waals surface area contributed by atoms with Gasteiger partial charge in [-0.1, -0.05) is 37.3 Å². The third-order valence-electron chi connectivity index (χ3n) is 3.72. The highest BCUT2D eigenvalue weighted by Crippen LogP contribution is 2.26. The van der Waals surface area contributed by atoms with E-state index < -0.39 is 0 Å². The number of hydrogen-bond acceptors (Lipinski definition) is 3. The second-order valence-electron chi connectivity index (χ2n) is 5.10. The van der Waals surface area contributed by atoms with E-state index in [0.717, 1.165) is 26.1 Å². The molecular formula is C15H24N2O. The summed E-state index contributed by atoms with van der Waals surface area (Å²) in [6.45, 7) is 6.99. The van der Waals surface area contributed by atoms with Gasteiger partial charge in [-0.15, -0.1) is 0 Å². The third kappa shape index (κ3) is 3.10. The summed E-state index contributed by atoms with van der Waals surface area (Å²) in [7, 11) is 0. The van der Waals surface area contributed by atoms with Gasteiger partial charge in [0.25, 0.3) is 0 Å². The second-order valence-corrected chi connectivity index (χ2v) is 5.10. The van der Waals surface area contributed by atoms with Crippen LogP contribution >= 0.6 is 0 Å². The third-order valence-corrected chi connectivity index (χ3v) is 3.72. The lowest BCUT2D eigenvalue weighted by Crippen LogP contribution is -2.50. The molecule has 0 aromatic heterocycles. The van der Waals surface area contributed by atoms with Crippen molar-refractivity contribution >= 4 is 0 Å². The van der Waals surface area contributed by atoms with Gasteiger partial charge in [-0.2, -0.15) is 0 Å². The van der Waals surface area contributed by atoms with Gasteiger partial charge < -0.3 is 10.5 Å². The Morgan fingerprint density at radius 2 is 2.11 bits per heavy atom. The molecule has 0 radical (unpaired) electrons. The normalized spacial score (nSPS) is 24.7. The van der Waals surface area contributed by atoms with Gasteiger partial charge in [0.1, 0.15) is 0 Å². The lowest BCUT2D eigenvalue weighted by Gasteiger charge is -2.39. The smallest absolute Gasteiger partial charge is 0.0850 e. The van der Waals surface area contributed by atoms with Gasteiger partial charge in [0.15, 0.2) is 0 Å². The van der Waals surface area contributed by atoms with E-state index in [-0.39, 0.29) is 12.1 Å². The first-order valence-electron chi connectivity index (χ1n) is 6.88. The highest BCUT2D eigenvalue weighted by Gasteiger charge is 2.28. The van der Waals surface area contributed by atoms with E-state index in [1.54, 1.807) is 0 Å². The van der Waals surface area contributed by atoms with Crippen molar-refractivity contribution < 1.29 is 4.74 Å². The van der Waals surface area contributed by atoms with Crippen LogP contribution in [0.4, 0.5) is 0 Å². The molecule has 3 unspecified atom stereocenters. The molecule has 0 saturated carbocycles. The van der Waals surface area contributed by atoms with Crippen molar-refractivity contribution in [3.63, 3.8) is 0 Å². The van der Waals surface area contributed by atoms with E-state index in [1.165, 1.54) is 5.56 Å². The number of benzene rings is 1. The molecular weight excluding hydrogens is 224 g/mol. The fraction of sp³-hybridized carbons (Fsp3) is 0.600. The first-order chi connectivity index (χ1) is 8.72. The molecule has 1 aliphatic heterocycles. The number of hydrogen-bond donors (Lipinski definition) is 1. The summed E-state index contributed by atoms with van der Waals surface area (Å²) >= 11 is 0. The molecule has 1 aliphatic rings. The minimum absolute atomic E-state index is 0.0982. The molecule has 3 nitrogen and oxygen atoms in total. The number of nitrogens with two attached hydrogens (primary N) is 1. The summed E-state index contributed by atoms with van der Waals surface area (Å²) in [6.07, 6.45) is 1.28. The Kier molecular flexibility index (Phi) is 4.75. The van der Waals surface area contributed by atoms with Crippen LogP contribution in [0.2, 0.25) is 0 Å². The molecule has 3 heteroatoms. The largest absolute Gasteiger partial charge is 0.374 e. The van der Waals surface area contributed by atoms with Crippen molar-refractivity contribution in [1.82, 2.24) is 4.90 Å². The van der Waals surface area contributed by atoms with Crippen molar-refractivity contribution in [2.45, 2.75) is 38.5 Å². The van der Waals surface area contributed by atoms with Crippen LogP contribution in [0.5, 0.6) is 0 Å². The molecule has 100 valence electrons. The zero-order valence-electron chi connectivity index (χ0n) is 11.4. The van der Waals surface area contributed by atoms with E-state index >= 15 is 0 Å².